The highest BCUT2D eigenvalue weighted by Crippen LogP contribution is 2.22. The molecule has 1 aliphatic heterocycles. The molecule has 1 aromatic heterocycles. The number of aromatic nitrogens is 1. The van der Waals surface area contributed by atoms with Crippen molar-refractivity contribution in [1.82, 2.24) is 15.2 Å². The molecule has 0 radical (unpaired) electrons. The van der Waals surface area contributed by atoms with Crippen molar-refractivity contribution in [2.45, 2.75) is 0 Å². The van der Waals surface area contributed by atoms with Gasteiger partial charge in [-0.05, 0) is 12.1 Å². The molecule has 0 bridgehead atoms. The normalized spacial score (nSPS) is 15.5. The van der Waals surface area contributed by atoms with E-state index in [1.807, 2.05) is 6.07 Å². The summed E-state index contributed by atoms with van der Waals surface area (Å²) in [6, 6.07) is 7.00. The smallest absolute Gasteiger partial charge is 0.271 e. The minimum Gasteiger partial charge on any atom is -0.397 e. The van der Waals surface area contributed by atoms with E-state index in [0.717, 1.165) is 5.39 Å². The van der Waals surface area contributed by atoms with Gasteiger partial charge in [-0.1, -0.05) is 12.1 Å². The first-order valence-electron chi connectivity index (χ1n) is 6.04. The van der Waals surface area contributed by atoms with E-state index in [1.165, 1.54) is 4.90 Å². The van der Waals surface area contributed by atoms with E-state index < -0.39 is 17.7 Å². The average molecular weight is 272 g/mol. The minimum atomic E-state index is -0.481. The molecule has 4 N–H and O–H groups in total. The first-order chi connectivity index (χ1) is 9.54. The van der Waals surface area contributed by atoms with Gasteiger partial charge in [-0.2, -0.15) is 0 Å². The summed E-state index contributed by atoms with van der Waals surface area (Å²) >= 11 is 0. The lowest BCUT2D eigenvalue weighted by Crippen LogP contribution is -2.53. The second kappa shape index (κ2) is 4.37. The van der Waals surface area contributed by atoms with Crippen molar-refractivity contribution in [1.29, 1.82) is 0 Å². The number of imide groups is 1. The number of nitrogen functional groups attached to an aromatic ring is 1. The Morgan fingerprint density at radius 2 is 1.90 bits per heavy atom. The van der Waals surface area contributed by atoms with Crippen LogP contribution >= 0.6 is 0 Å². The van der Waals surface area contributed by atoms with E-state index in [2.05, 4.69) is 10.3 Å². The molecule has 0 unspecified atom stereocenters. The molecule has 7 nitrogen and oxygen atoms in total. The first-order valence-corrected chi connectivity index (χ1v) is 6.04. The number of aromatic amines is 1. The number of benzene rings is 1. The van der Waals surface area contributed by atoms with Crippen molar-refractivity contribution in [3.05, 3.63) is 30.0 Å². The molecule has 2 aromatic rings. The number of para-hydroxylation sites is 1. The number of amides is 3. The molecule has 3 rings (SSSR count). The zero-order chi connectivity index (χ0) is 14.3. The first kappa shape index (κ1) is 12.2. The SMILES string of the molecule is Nc1cccc2cc(C(=O)N3CC(=O)NC(=O)C3)[nH]c12. The fourth-order valence-corrected chi connectivity index (χ4v) is 2.25. The molecule has 2 heterocycles. The van der Waals surface area contributed by atoms with Crippen molar-refractivity contribution < 1.29 is 14.4 Å². The van der Waals surface area contributed by atoms with Gasteiger partial charge in [-0.15, -0.1) is 0 Å². The molecule has 1 aliphatic rings. The number of hydrogen-bond acceptors (Lipinski definition) is 4. The summed E-state index contributed by atoms with van der Waals surface area (Å²) in [4.78, 5) is 39.0. The van der Waals surface area contributed by atoms with Crippen LogP contribution < -0.4 is 11.1 Å². The quantitative estimate of drug-likeness (QED) is 0.495. The number of fused-ring (bicyclic) bond motifs is 1. The molecule has 0 aliphatic carbocycles. The molecule has 1 aromatic carbocycles. The molecule has 0 atom stereocenters. The monoisotopic (exact) mass is 272 g/mol. The average Bonchev–Trinajstić information content (AvgIpc) is 2.82. The topological polar surface area (TPSA) is 108 Å². The van der Waals surface area contributed by atoms with Gasteiger partial charge in [-0.3, -0.25) is 19.7 Å². The second-order valence-corrected chi connectivity index (χ2v) is 4.63. The summed E-state index contributed by atoms with van der Waals surface area (Å²) in [5.41, 5.74) is 7.33. The maximum atomic E-state index is 12.3. The van der Waals surface area contributed by atoms with Gasteiger partial charge in [0.25, 0.3) is 5.91 Å². The predicted molar refractivity (Wildman–Crippen MR) is 71.8 cm³/mol. The van der Waals surface area contributed by atoms with Gasteiger partial charge in [0, 0.05) is 5.39 Å². The van der Waals surface area contributed by atoms with Crippen LogP contribution in [0.25, 0.3) is 10.9 Å². The number of nitrogens with one attached hydrogen (secondary N) is 2. The van der Waals surface area contributed by atoms with E-state index in [0.29, 0.717) is 16.9 Å². The van der Waals surface area contributed by atoms with E-state index in [4.69, 9.17) is 5.73 Å². The highest BCUT2D eigenvalue weighted by atomic mass is 16.2. The summed E-state index contributed by atoms with van der Waals surface area (Å²) in [5.74, 6) is -1.36. The maximum absolute atomic E-state index is 12.3. The number of nitrogens with two attached hydrogens (primary N) is 1. The number of rotatable bonds is 1. The summed E-state index contributed by atoms with van der Waals surface area (Å²) < 4.78 is 0. The van der Waals surface area contributed by atoms with Crippen LogP contribution in [0.15, 0.2) is 24.3 Å². The third-order valence-electron chi connectivity index (χ3n) is 3.15. The molecular weight excluding hydrogens is 260 g/mol. The Balaban J connectivity index is 1.94. The van der Waals surface area contributed by atoms with Crippen molar-refractivity contribution in [2.75, 3.05) is 18.8 Å². The van der Waals surface area contributed by atoms with E-state index in [9.17, 15) is 14.4 Å². The second-order valence-electron chi connectivity index (χ2n) is 4.63. The lowest BCUT2D eigenvalue weighted by atomic mass is 10.2. The van der Waals surface area contributed by atoms with Crippen LogP contribution in [-0.4, -0.2) is 40.7 Å². The molecule has 0 spiro atoms. The van der Waals surface area contributed by atoms with Crippen LogP contribution in [0, 0.1) is 0 Å². The largest absolute Gasteiger partial charge is 0.397 e. The van der Waals surface area contributed by atoms with Crippen LogP contribution in [0.4, 0.5) is 5.69 Å². The van der Waals surface area contributed by atoms with Crippen LogP contribution in [0.2, 0.25) is 0 Å². The number of piperazine rings is 1. The number of anilines is 1. The fraction of sp³-hybridized carbons (Fsp3) is 0.154. The predicted octanol–water partition coefficient (Wildman–Crippen LogP) is -0.151. The molecule has 20 heavy (non-hydrogen) atoms. The minimum absolute atomic E-state index is 0.130. The van der Waals surface area contributed by atoms with E-state index >= 15 is 0 Å². The molecule has 0 saturated carbocycles. The lowest BCUT2D eigenvalue weighted by molar-refractivity contribution is -0.135. The summed E-state index contributed by atoms with van der Waals surface area (Å²) in [6.45, 7) is -0.259. The standard InChI is InChI=1S/C13H12N4O3/c14-8-3-1-2-7-4-9(15-12(7)8)13(20)17-5-10(18)16-11(19)6-17/h1-4,15H,5-6,14H2,(H,16,18,19). The Morgan fingerprint density at radius 3 is 2.55 bits per heavy atom. The fourth-order valence-electron chi connectivity index (χ4n) is 2.25. The van der Waals surface area contributed by atoms with E-state index in [-0.39, 0.29) is 13.1 Å². The van der Waals surface area contributed by atoms with Crippen molar-refractivity contribution >= 4 is 34.3 Å². The van der Waals surface area contributed by atoms with Crippen LogP contribution in [-0.2, 0) is 9.59 Å². The molecular formula is C13H12N4O3. The van der Waals surface area contributed by atoms with Crippen LogP contribution in [0.1, 0.15) is 10.5 Å². The Morgan fingerprint density at radius 1 is 1.20 bits per heavy atom. The molecule has 3 amide bonds. The van der Waals surface area contributed by atoms with Crippen LogP contribution in [0.3, 0.4) is 0 Å². The zero-order valence-corrected chi connectivity index (χ0v) is 10.5. The van der Waals surface area contributed by atoms with Gasteiger partial charge < -0.3 is 15.6 Å². The Hall–Kier alpha value is -2.83. The third kappa shape index (κ3) is 1.99. The molecule has 1 fully saturated rings. The zero-order valence-electron chi connectivity index (χ0n) is 10.5. The van der Waals surface area contributed by atoms with Crippen molar-refractivity contribution in [3.63, 3.8) is 0 Å². The van der Waals surface area contributed by atoms with Gasteiger partial charge in [-0.25, -0.2) is 0 Å². The summed E-state index contributed by atoms with van der Waals surface area (Å²) in [6.07, 6.45) is 0. The van der Waals surface area contributed by atoms with Gasteiger partial charge >= 0.3 is 0 Å². The highest BCUT2D eigenvalue weighted by Gasteiger charge is 2.27. The number of nitrogens with zero attached hydrogens (tertiary/aromatic N) is 1. The lowest BCUT2D eigenvalue weighted by Gasteiger charge is -2.24. The number of carbonyl (C=O) groups excluding carboxylic acids is 3. The van der Waals surface area contributed by atoms with Crippen molar-refractivity contribution in [3.8, 4) is 0 Å². The van der Waals surface area contributed by atoms with Gasteiger partial charge in [0.15, 0.2) is 0 Å². The Bertz CT molecular complexity index is 718. The van der Waals surface area contributed by atoms with Gasteiger partial charge in [0.1, 0.15) is 18.8 Å². The molecule has 7 heteroatoms. The maximum Gasteiger partial charge on any atom is 0.271 e. The van der Waals surface area contributed by atoms with Crippen molar-refractivity contribution in [2.24, 2.45) is 0 Å². The molecule has 102 valence electrons. The highest BCUT2D eigenvalue weighted by molar-refractivity contribution is 6.07. The summed E-state index contributed by atoms with van der Waals surface area (Å²) in [5, 5.41) is 2.96. The summed E-state index contributed by atoms with van der Waals surface area (Å²) in [7, 11) is 0. The number of H-pyrrole nitrogens is 1. The number of hydrogen-bond donors (Lipinski definition) is 3. The Labute approximate surface area is 113 Å². The molecule has 1 saturated heterocycles. The van der Waals surface area contributed by atoms with Gasteiger partial charge in [0.05, 0.1) is 11.2 Å². The Kier molecular flexibility index (Phi) is 2.67. The third-order valence-corrected chi connectivity index (χ3v) is 3.15. The van der Waals surface area contributed by atoms with Gasteiger partial charge in [0.2, 0.25) is 11.8 Å². The number of carbonyl (C=O) groups is 3. The van der Waals surface area contributed by atoms with Crippen LogP contribution in [0.5, 0.6) is 0 Å². The van der Waals surface area contributed by atoms with E-state index in [1.54, 1.807) is 18.2 Å².